The summed E-state index contributed by atoms with van der Waals surface area (Å²) in [5, 5.41) is 6.85. The van der Waals surface area contributed by atoms with Gasteiger partial charge in [0.2, 0.25) is 5.91 Å². The van der Waals surface area contributed by atoms with Crippen molar-refractivity contribution in [1.82, 2.24) is 10.3 Å². The van der Waals surface area contributed by atoms with Crippen molar-refractivity contribution in [1.29, 1.82) is 0 Å². The molecular formula is C21H22N4O3S. The van der Waals surface area contributed by atoms with E-state index in [0.29, 0.717) is 23.5 Å². The van der Waals surface area contributed by atoms with Crippen LogP contribution in [0.2, 0.25) is 0 Å². The molecule has 8 heteroatoms. The number of methoxy groups -OCH3 is 1. The van der Waals surface area contributed by atoms with Crippen LogP contribution in [-0.4, -0.2) is 36.2 Å². The number of nitrogens with one attached hydrogen (secondary N) is 2. The van der Waals surface area contributed by atoms with Gasteiger partial charge in [0.05, 0.1) is 23.9 Å². The van der Waals surface area contributed by atoms with Gasteiger partial charge >= 0.3 is 0 Å². The summed E-state index contributed by atoms with van der Waals surface area (Å²) in [5.41, 5.74) is 8.00. The van der Waals surface area contributed by atoms with E-state index in [4.69, 9.17) is 10.5 Å². The summed E-state index contributed by atoms with van der Waals surface area (Å²) in [4.78, 5) is 28.4. The summed E-state index contributed by atoms with van der Waals surface area (Å²) in [6, 6.07) is 13.3. The zero-order valence-corrected chi connectivity index (χ0v) is 17.0. The minimum absolute atomic E-state index is 0.0517. The fourth-order valence-corrected chi connectivity index (χ4v) is 3.63. The molecule has 1 aromatic heterocycles. The van der Waals surface area contributed by atoms with Crippen LogP contribution in [0.4, 0.5) is 11.4 Å². The molecule has 4 N–H and O–H groups in total. The minimum atomic E-state index is -0.562. The highest BCUT2D eigenvalue weighted by Crippen LogP contribution is 2.32. The Morgan fingerprint density at radius 3 is 2.76 bits per heavy atom. The van der Waals surface area contributed by atoms with Gasteiger partial charge in [0.15, 0.2) is 0 Å². The number of benzene rings is 2. The lowest BCUT2D eigenvalue weighted by atomic mass is 10.1. The van der Waals surface area contributed by atoms with Crippen molar-refractivity contribution in [2.45, 2.75) is 11.8 Å². The maximum atomic E-state index is 12.0. The SMILES string of the molecule is COc1cccc(Nc2c(C(N)=O)cnc3ccc(SCCNC(C)=O)cc23)c1. The van der Waals surface area contributed by atoms with Crippen LogP contribution in [0.5, 0.6) is 5.75 Å². The van der Waals surface area contributed by atoms with Gasteiger partial charge in [0.25, 0.3) is 5.91 Å². The Kier molecular flexibility index (Phi) is 6.56. The normalized spacial score (nSPS) is 10.6. The molecule has 150 valence electrons. The molecule has 0 aliphatic heterocycles. The lowest BCUT2D eigenvalue weighted by Crippen LogP contribution is -2.22. The van der Waals surface area contributed by atoms with Crippen LogP contribution in [0.1, 0.15) is 17.3 Å². The summed E-state index contributed by atoms with van der Waals surface area (Å²) in [6.45, 7) is 2.07. The Hall–Kier alpha value is -3.26. The van der Waals surface area contributed by atoms with Crippen LogP contribution in [0, 0.1) is 0 Å². The number of thioether (sulfide) groups is 1. The number of nitrogens with zero attached hydrogens (tertiary/aromatic N) is 1. The monoisotopic (exact) mass is 410 g/mol. The van der Waals surface area contributed by atoms with E-state index in [2.05, 4.69) is 15.6 Å². The predicted octanol–water partition coefficient (Wildman–Crippen LogP) is 3.31. The number of pyridine rings is 1. The first-order valence-electron chi connectivity index (χ1n) is 8.99. The molecule has 7 nitrogen and oxygen atoms in total. The highest BCUT2D eigenvalue weighted by Gasteiger charge is 2.14. The number of carbonyl (C=O) groups excluding carboxylic acids is 2. The number of rotatable bonds is 8. The number of ether oxygens (including phenoxy) is 1. The number of fused-ring (bicyclic) bond motifs is 1. The van der Waals surface area contributed by atoms with Gasteiger partial charge < -0.3 is 21.1 Å². The van der Waals surface area contributed by atoms with Crippen LogP contribution in [0.15, 0.2) is 53.6 Å². The number of nitrogens with two attached hydrogens (primary N) is 1. The Labute approximate surface area is 173 Å². The second kappa shape index (κ2) is 9.29. The second-order valence-electron chi connectivity index (χ2n) is 6.28. The van der Waals surface area contributed by atoms with E-state index < -0.39 is 5.91 Å². The number of carbonyl (C=O) groups is 2. The first-order chi connectivity index (χ1) is 14.0. The number of amides is 2. The third-order valence-corrected chi connectivity index (χ3v) is 5.18. The van der Waals surface area contributed by atoms with E-state index >= 15 is 0 Å². The van der Waals surface area contributed by atoms with Gasteiger partial charge in [0.1, 0.15) is 5.75 Å². The molecule has 29 heavy (non-hydrogen) atoms. The fourth-order valence-electron chi connectivity index (χ4n) is 2.82. The standard InChI is InChI=1S/C21H22N4O3S/c1-13(26)23-8-9-29-16-6-7-19-17(11-16)20(18(12-24-19)21(22)27)25-14-4-3-5-15(10-14)28-2/h3-7,10-12H,8-9H2,1-2H3,(H2,22,27)(H,23,26)(H,24,25). The Bertz CT molecular complexity index is 1060. The van der Waals surface area contributed by atoms with Crippen molar-refractivity contribution in [2.75, 3.05) is 24.7 Å². The molecular weight excluding hydrogens is 388 g/mol. The lowest BCUT2D eigenvalue weighted by Gasteiger charge is -2.14. The molecule has 2 aromatic carbocycles. The summed E-state index contributed by atoms with van der Waals surface area (Å²) < 4.78 is 5.27. The van der Waals surface area contributed by atoms with Crippen LogP contribution in [-0.2, 0) is 4.79 Å². The van der Waals surface area contributed by atoms with E-state index in [-0.39, 0.29) is 5.91 Å². The van der Waals surface area contributed by atoms with Gasteiger partial charge in [-0.2, -0.15) is 0 Å². The molecule has 0 unspecified atom stereocenters. The van der Waals surface area contributed by atoms with Crippen molar-refractivity contribution < 1.29 is 14.3 Å². The molecule has 1 heterocycles. The molecule has 0 saturated carbocycles. The van der Waals surface area contributed by atoms with Gasteiger partial charge in [-0.25, -0.2) is 0 Å². The number of hydrogen-bond acceptors (Lipinski definition) is 6. The molecule has 0 saturated heterocycles. The quantitative estimate of drug-likeness (QED) is 0.389. The first kappa shape index (κ1) is 20.5. The zero-order chi connectivity index (χ0) is 20.8. The van der Waals surface area contributed by atoms with E-state index in [1.807, 2.05) is 42.5 Å². The Balaban J connectivity index is 1.97. The first-order valence-corrected chi connectivity index (χ1v) is 9.97. The number of aromatic nitrogens is 1. The smallest absolute Gasteiger partial charge is 0.252 e. The molecule has 0 spiro atoms. The molecule has 0 fully saturated rings. The second-order valence-corrected chi connectivity index (χ2v) is 7.45. The third kappa shape index (κ3) is 5.17. The number of hydrogen-bond donors (Lipinski definition) is 3. The highest BCUT2D eigenvalue weighted by atomic mass is 32.2. The molecule has 3 rings (SSSR count). The van der Waals surface area contributed by atoms with E-state index in [1.54, 1.807) is 18.9 Å². The molecule has 0 atom stereocenters. The lowest BCUT2D eigenvalue weighted by molar-refractivity contribution is -0.118. The number of primary amides is 1. The van der Waals surface area contributed by atoms with Crippen LogP contribution in [0.3, 0.4) is 0 Å². The van der Waals surface area contributed by atoms with Gasteiger partial charge in [-0.15, -0.1) is 11.8 Å². The van der Waals surface area contributed by atoms with Gasteiger partial charge in [-0.05, 0) is 30.3 Å². The van der Waals surface area contributed by atoms with Crippen molar-refractivity contribution in [3.63, 3.8) is 0 Å². The van der Waals surface area contributed by atoms with Crippen molar-refractivity contribution in [3.8, 4) is 5.75 Å². The van der Waals surface area contributed by atoms with Crippen molar-refractivity contribution >= 4 is 45.9 Å². The zero-order valence-electron chi connectivity index (χ0n) is 16.2. The van der Waals surface area contributed by atoms with Crippen LogP contribution < -0.4 is 21.1 Å². The molecule has 2 amide bonds. The number of anilines is 2. The largest absolute Gasteiger partial charge is 0.497 e. The molecule has 3 aromatic rings. The van der Waals surface area contributed by atoms with Crippen LogP contribution in [0.25, 0.3) is 10.9 Å². The van der Waals surface area contributed by atoms with Crippen molar-refractivity contribution in [3.05, 3.63) is 54.2 Å². The fraction of sp³-hybridized carbons (Fsp3) is 0.190. The summed E-state index contributed by atoms with van der Waals surface area (Å²) in [6.07, 6.45) is 1.48. The summed E-state index contributed by atoms with van der Waals surface area (Å²) in [5.74, 6) is 0.813. The molecule has 0 radical (unpaired) electrons. The van der Waals surface area contributed by atoms with Gasteiger partial charge in [0, 0.05) is 47.5 Å². The van der Waals surface area contributed by atoms with E-state index in [1.165, 1.54) is 13.1 Å². The highest BCUT2D eigenvalue weighted by molar-refractivity contribution is 7.99. The summed E-state index contributed by atoms with van der Waals surface area (Å²) in [7, 11) is 1.60. The third-order valence-electron chi connectivity index (χ3n) is 4.19. The average Bonchev–Trinajstić information content (AvgIpc) is 2.71. The predicted molar refractivity (Wildman–Crippen MR) is 116 cm³/mol. The Morgan fingerprint density at radius 1 is 1.21 bits per heavy atom. The van der Waals surface area contributed by atoms with E-state index in [9.17, 15) is 9.59 Å². The molecule has 0 aliphatic carbocycles. The topological polar surface area (TPSA) is 106 Å². The van der Waals surface area contributed by atoms with Crippen molar-refractivity contribution in [2.24, 2.45) is 5.73 Å². The maximum Gasteiger partial charge on any atom is 0.252 e. The van der Waals surface area contributed by atoms with E-state index in [0.717, 1.165) is 27.2 Å². The molecule has 0 aliphatic rings. The minimum Gasteiger partial charge on any atom is -0.497 e. The maximum absolute atomic E-state index is 12.0. The van der Waals surface area contributed by atoms with Gasteiger partial charge in [-0.3, -0.25) is 14.6 Å². The van der Waals surface area contributed by atoms with Gasteiger partial charge in [-0.1, -0.05) is 6.07 Å². The van der Waals surface area contributed by atoms with Crippen LogP contribution >= 0.6 is 11.8 Å². The average molecular weight is 410 g/mol. The Morgan fingerprint density at radius 2 is 2.03 bits per heavy atom. The molecule has 0 bridgehead atoms. The summed E-state index contributed by atoms with van der Waals surface area (Å²) >= 11 is 1.61.